The number of pyridine rings is 2. The zero-order chi connectivity index (χ0) is 14.9. The van der Waals surface area contributed by atoms with Gasteiger partial charge in [-0.25, -0.2) is 9.50 Å². The molecule has 0 aliphatic heterocycles. The first-order valence-electron chi connectivity index (χ1n) is 6.76. The van der Waals surface area contributed by atoms with E-state index in [1.165, 1.54) is 10.6 Å². The van der Waals surface area contributed by atoms with Crippen molar-refractivity contribution in [2.75, 3.05) is 0 Å². The molecule has 6 heteroatoms. The summed E-state index contributed by atoms with van der Waals surface area (Å²) in [6.07, 6.45) is 5.06. The van der Waals surface area contributed by atoms with E-state index in [1.54, 1.807) is 18.6 Å². The molecular formula is C16H11N5O. The molecule has 0 amide bonds. The minimum absolute atomic E-state index is 0.168. The number of H-pyrrole nitrogens is 1. The highest BCUT2D eigenvalue weighted by atomic mass is 16.1. The average Bonchev–Trinajstić information content (AvgIpc) is 3.01. The third kappa shape index (κ3) is 2.07. The van der Waals surface area contributed by atoms with Crippen LogP contribution in [0.2, 0.25) is 0 Å². The molecule has 22 heavy (non-hydrogen) atoms. The molecule has 0 radical (unpaired) electrons. The van der Waals surface area contributed by atoms with Crippen LogP contribution in [0, 0.1) is 0 Å². The molecule has 0 atom stereocenters. The van der Waals surface area contributed by atoms with Gasteiger partial charge in [0.1, 0.15) is 0 Å². The second kappa shape index (κ2) is 4.92. The smallest absolute Gasteiger partial charge is 0.273 e. The van der Waals surface area contributed by atoms with Crippen LogP contribution in [0.25, 0.3) is 28.3 Å². The van der Waals surface area contributed by atoms with Gasteiger partial charge >= 0.3 is 0 Å². The number of rotatable bonds is 2. The second-order valence-electron chi connectivity index (χ2n) is 4.79. The highest BCUT2D eigenvalue weighted by Crippen LogP contribution is 2.18. The zero-order valence-electron chi connectivity index (χ0n) is 11.5. The van der Waals surface area contributed by atoms with Crippen molar-refractivity contribution in [3.05, 3.63) is 71.4 Å². The van der Waals surface area contributed by atoms with E-state index in [4.69, 9.17) is 0 Å². The van der Waals surface area contributed by atoms with Crippen molar-refractivity contribution >= 4 is 5.65 Å². The number of hydrogen-bond donors (Lipinski definition) is 1. The standard InChI is InChI=1S/C16H11N5O/c22-16-10-13(11-4-7-17-8-5-11)19-15-9-14(20-21(15)16)12-3-1-2-6-18-12/h1-10,20H. The number of fused-ring (bicyclic) bond motifs is 1. The Morgan fingerprint density at radius 2 is 1.82 bits per heavy atom. The van der Waals surface area contributed by atoms with Crippen LogP contribution in [0.4, 0.5) is 0 Å². The Bertz CT molecular complexity index is 989. The van der Waals surface area contributed by atoms with Gasteiger partial charge in [0, 0.05) is 36.3 Å². The highest BCUT2D eigenvalue weighted by molar-refractivity contribution is 5.64. The first kappa shape index (κ1) is 12.5. The Kier molecular flexibility index (Phi) is 2.79. The van der Waals surface area contributed by atoms with E-state index in [0.717, 1.165) is 17.0 Å². The fourth-order valence-corrected chi connectivity index (χ4v) is 2.31. The third-order valence-corrected chi connectivity index (χ3v) is 3.37. The van der Waals surface area contributed by atoms with E-state index in [9.17, 15) is 4.79 Å². The number of aromatic nitrogens is 5. The minimum atomic E-state index is -0.168. The lowest BCUT2D eigenvalue weighted by Gasteiger charge is -2.00. The van der Waals surface area contributed by atoms with Crippen LogP contribution in [-0.4, -0.2) is 24.6 Å². The van der Waals surface area contributed by atoms with Gasteiger partial charge in [-0.3, -0.25) is 19.9 Å². The Morgan fingerprint density at radius 3 is 2.59 bits per heavy atom. The summed E-state index contributed by atoms with van der Waals surface area (Å²) in [7, 11) is 0. The SMILES string of the molecule is O=c1cc(-c2ccncc2)nc2cc(-c3ccccn3)[nH]n12. The minimum Gasteiger partial charge on any atom is -0.287 e. The van der Waals surface area contributed by atoms with Crippen molar-refractivity contribution in [3.8, 4) is 22.6 Å². The molecule has 0 saturated carbocycles. The molecule has 4 aromatic rings. The van der Waals surface area contributed by atoms with Gasteiger partial charge in [-0.2, -0.15) is 0 Å². The van der Waals surface area contributed by atoms with Gasteiger partial charge in [-0.15, -0.1) is 0 Å². The van der Waals surface area contributed by atoms with Crippen LogP contribution in [0.1, 0.15) is 0 Å². The molecule has 0 fully saturated rings. The van der Waals surface area contributed by atoms with Crippen LogP contribution in [-0.2, 0) is 0 Å². The lowest BCUT2D eigenvalue weighted by Crippen LogP contribution is -2.14. The molecule has 0 saturated heterocycles. The lowest BCUT2D eigenvalue weighted by atomic mass is 10.2. The Labute approximate surface area is 125 Å². The number of nitrogens with zero attached hydrogens (tertiary/aromatic N) is 4. The number of hydrogen-bond acceptors (Lipinski definition) is 4. The molecule has 6 nitrogen and oxygen atoms in total. The normalized spacial score (nSPS) is 10.9. The van der Waals surface area contributed by atoms with Crippen molar-refractivity contribution in [1.82, 2.24) is 24.6 Å². The molecule has 0 bridgehead atoms. The summed E-state index contributed by atoms with van der Waals surface area (Å²) in [6.45, 7) is 0. The van der Waals surface area contributed by atoms with Crippen LogP contribution in [0.15, 0.2) is 65.8 Å². The topological polar surface area (TPSA) is 75.9 Å². The van der Waals surface area contributed by atoms with E-state index >= 15 is 0 Å². The second-order valence-corrected chi connectivity index (χ2v) is 4.79. The first-order valence-corrected chi connectivity index (χ1v) is 6.76. The van der Waals surface area contributed by atoms with Crippen molar-refractivity contribution in [3.63, 3.8) is 0 Å². The fraction of sp³-hybridized carbons (Fsp3) is 0. The van der Waals surface area contributed by atoms with Gasteiger partial charge in [-0.1, -0.05) is 6.07 Å². The van der Waals surface area contributed by atoms with Gasteiger partial charge < -0.3 is 0 Å². The summed E-state index contributed by atoms with van der Waals surface area (Å²) in [5.41, 5.74) is 3.38. The summed E-state index contributed by atoms with van der Waals surface area (Å²) in [4.78, 5) is 25.0. The molecule has 0 aliphatic rings. The van der Waals surface area contributed by atoms with E-state index in [2.05, 4.69) is 20.1 Å². The molecule has 4 heterocycles. The lowest BCUT2D eigenvalue weighted by molar-refractivity contribution is 0.902. The third-order valence-electron chi connectivity index (χ3n) is 3.37. The van der Waals surface area contributed by atoms with Gasteiger partial charge in [0.05, 0.1) is 17.1 Å². The van der Waals surface area contributed by atoms with E-state index < -0.39 is 0 Å². The van der Waals surface area contributed by atoms with Crippen LogP contribution < -0.4 is 5.56 Å². The molecule has 4 aromatic heterocycles. The summed E-state index contributed by atoms with van der Waals surface area (Å²) < 4.78 is 1.41. The summed E-state index contributed by atoms with van der Waals surface area (Å²) in [5.74, 6) is 0. The molecule has 4 rings (SSSR count). The molecular weight excluding hydrogens is 278 g/mol. The van der Waals surface area contributed by atoms with E-state index in [-0.39, 0.29) is 5.56 Å². The first-order chi connectivity index (χ1) is 10.8. The van der Waals surface area contributed by atoms with Gasteiger partial charge in [0.2, 0.25) is 0 Å². The Hall–Kier alpha value is -3.28. The number of aromatic amines is 1. The maximum atomic E-state index is 12.3. The van der Waals surface area contributed by atoms with Crippen LogP contribution in [0.3, 0.4) is 0 Å². The van der Waals surface area contributed by atoms with Gasteiger partial charge in [0.15, 0.2) is 5.65 Å². The fourth-order valence-electron chi connectivity index (χ4n) is 2.31. The predicted octanol–water partition coefficient (Wildman–Crippen LogP) is 2.15. The van der Waals surface area contributed by atoms with Crippen LogP contribution in [0.5, 0.6) is 0 Å². The van der Waals surface area contributed by atoms with Gasteiger partial charge in [0.25, 0.3) is 5.56 Å². The summed E-state index contributed by atoms with van der Waals surface area (Å²) in [6, 6.07) is 12.6. The molecule has 0 unspecified atom stereocenters. The number of nitrogens with one attached hydrogen (secondary N) is 1. The Balaban J connectivity index is 1.91. The maximum Gasteiger partial charge on any atom is 0.273 e. The maximum absolute atomic E-state index is 12.3. The van der Waals surface area contributed by atoms with E-state index in [1.807, 2.05) is 36.4 Å². The molecule has 1 N–H and O–H groups in total. The summed E-state index contributed by atoms with van der Waals surface area (Å²) >= 11 is 0. The van der Waals surface area contributed by atoms with Crippen molar-refractivity contribution < 1.29 is 0 Å². The zero-order valence-corrected chi connectivity index (χ0v) is 11.5. The van der Waals surface area contributed by atoms with Crippen molar-refractivity contribution in [1.29, 1.82) is 0 Å². The van der Waals surface area contributed by atoms with Crippen molar-refractivity contribution in [2.24, 2.45) is 0 Å². The molecule has 0 spiro atoms. The summed E-state index contributed by atoms with van der Waals surface area (Å²) in [5, 5.41) is 3.03. The quantitative estimate of drug-likeness (QED) is 0.613. The van der Waals surface area contributed by atoms with Crippen molar-refractivity contribution in [2.45, 2.75) is 0 Å². The van der Waals surface area contributed by atoms with E-state index in [0.29, 0.717) is 11.3 Å². The van der Waals surface area contributed by atoms with Gasteiger partial charge in [-0.05, 0) is 24.3 Å². The monoisotopic (exact) mass is 289 g/mol. The molecule has 0 aliphatic carbocycles. The predicted molar refractivity (Wildman–Crippen MR) is 82.3 cm³/mol. The van der Waals surface area contributed by atoms with Crippen LogP contribution >= 0.6 is 0 Å². The highest BCUT2D eigenvalue weighted by Gasteiger charge is 2.09. The Morgan fingerprint density at radius 1 is 0.955 bits per heavy atom. The molecule has 0 aromatic carbocycles. The molecule has 106 valence electrons. The largest absolute Gasteiger partial charge is 0.287 e. The average molecular weight is 289 g/mol.